The van der Waals surface area contributed by atoms with E-state index in [0.29, 0.717) is 17.4 Å². The average Bonchev–Trinajstić information content (AvgIpc) is 2.91. The van der Waals surface area contributed by atoms with Crippen molar-refractivity contribution < 1.29 is 5.11 Å². The van der Waals surface area contributed by atoms with E-state index in [4.69, 9.17) is 22.3 Å². The molecule has 0 saturated carbocycles. The van der Waals surface area contributed by atoms with Crippen LogP contribution in [0.15, 0.2) is 18.2 Å². The Morgan fingerprint density at radius 3 is 2.72 bits per heavy atom. The molecule has 0 atom stereocenters. The lowest BCUT2D eigenvalue weighted by Gasteiger charge is -2.24. The smallest absolute Gasteiger partial charge is 0.152 e. The molecule has 0 aliphatic carbocycles. The molecule has 3 rings (SSSR count). The Labute approximate surface area is 152 Å². The van der Waals surface area contributed by atoms with E-state index in [1.54, 1.807) is 0 Å². The Hall–Kier alpha value is -1.85. The van der Waals surface area contributed by atoms with Gasteiger partial charge in [0.15, 0.2) is 5.82 Å². The fraction of sp³-hybridized carbons (Fsp3) is 0.474. The van der Waals surface area contributed by atoms with Gasteiger partial charge in [0, 0.05) is 35.4 Å². The Kier molecular flexibility index (Phi) is 4.89. The van der Waals surface area contributed by atoms with Crippen LogP contribution in [0.25, 0.3) is 21.9 Å². The largest absolute Gasteiger partial charge is 0.396 e. The van der Waals surface area contributed by atoms with E-state index < -0.39 is 0 Å². The average molecular weight is 361 g/mol. The summed E-state index contributed by atoms with van der Waals surface area (Å²) in [5.41, 5.74) is 8.42. The number of hydrogen-bond donors (Lipinski definition) is 2. The highest BCUT2D eigenvalue weighted by atomic mass is 35.5. The van der Waals surface area contributed by atoms with Crippen LogP contribution < -0.4 is 5.73 Å². The third kappa shape index (κ3) is 3.44. The topological polar surface area (TPSA) is 77.0 Å². The van der Waals surface area contributed by atoms with Crippen LogP contribution in [0.2, 0.25) is 5.02 Å². The second kappa shape index (κ2) is 6.81. The van der Waals surface area contributed by atoms with Crippen molar-refractivity contribution in [2.75, 3.05) is 12.3 Å². The summed E-state index contributed by atoms with van der Waals surface area (Å²) in [4.78, 5) is 9.29. The summed E-state index contributed by atoms with van der Waals surface area (Å²) < 4.78 is 2.20. The Bertz CT molecular complexity index is 917. The minimum absolute atomic E-state index is 0.101. The summed E-state index contributed by atoms with van der Waals surface area (Å²) in [7, 11) is 0. The van der Waals surface area contributed by atoms with Crippen LogP contribution >= 0.6 is 11.6 Å². The number of aliphatic hydroxyl groups excluding tert-OH is 1. The highest BCUT2D eigenvalue weighted by Gasteiger charge is 2.23. The predicted octanol–water partition coefficient (Wildman–Crippen LogP) is 4.18. The molecule has 25 heavy (non-hydrogen) atoms. The van der Waals surface area contributed by atoms with Gasteiger partial charge in [-0.1, -0.05) is 38.8 Å². The number of rotatable bonds is 6. The number of aryl methyl sites for hydroxylation is 1. The van der Waals surface area contributed by atoms with Gasteiger partial charge in [0.2, 0.25) is 0 Å². The van der Waals surface area contributed by atoms with E-state index in [1.807, 2.05) is 32.0 Å². The minimum Gasteiger partial charge on any atom is -0.396 e. The zero-order chi connectivity index (χ0) is 18.2. The molecule has 0 radical (unpaired) electrons. The molecular weight excluding hydrogens is 336 g/mol. The molecule has 134 valence electrons. The van der Waals surface area contributed by atoms with Crippen LogP contribution in [0.1, 0.15) is 39.4 Å². The molecule has 6 heteroatoms. The lowest BCUT2D eigenvalue weighted by Crippen LogP contribution is -2.25. The summed E-state index contributed by atoms with van der Waals surface area (Å²) >= 11 is 6.13. The molecule has 3 aromatic rings. The molecule has 0 unspecified atom stereocenters. The third-order valence-electron chi connectivity index (χ3n) is 4.51. The van der Waals surface area contributed by atoms with Crippen molar-refractivity contribution in [1.29, 1.82) is 0 Å². The quantitative estimate of drug-likeness (QED) is 0.691. The number of hydrogen-bond acceptors (Lipinski definition) is 4. The van der Waals surface area contributed by atoms with Gasteiger partial charge in [0.05, 0.1) is 11.0 Å². The molecule has 0 fully saturated rings. The lowest BCUT2D eigenvalue weighted by atomic mass is 9.94. The van der Waals surface area contributed by atoms with Gasteiger partial charge in [-0.3, -0.25) is 0 Å². The number of fused-ring (bicyclic) bond motifs is 3. The number of halogens is 1. The van der Waals surface area contributed by atoms with Gasteiger partial charge >= 0.3 is 0 Å². The first kappa shape index (κ1) is 18.0. The molecule has 1 aromatic carbocycles. The van der Waals surface area contributed by atoms with Gasteiger partial charge in [-0.25, -0.2) is 9.97 Å². The maximum Gasteiger partial charge on any atom is 0.152 e. The molecule has 0 spiro atoms. The molecule has 0 aliphatic rings. The summed E-state index contributed by atoms with van der Waals surface area (Å²) in [6.07, 6.45) is 3.03. The minimum atomic E-state index is -0.259. The second-order valence-corrected chi connectivity index (χ2v) is 7.83. The number of aromatic nitrogens is 3. The number of nitrogens with zero attached hydrogens (tertiary/aromatic N) is 3. The number of unbranched alkanes of at least 4 members (excludes halogenated alkanes) is 1. The van der Waals surface area contributed by atoms with Crippen molar-refractivity contribution in [1.82, 2.24) is 14.5 Å². The van der Waals surface area contributed by atoms with Gasteiger partial charge in [-0.2, -0.15) is 0 Å². The molecule has 0 bridgehead atoms. The van der Waals surface area contributed by atoms with Crippen molar-refractivity contribution in [2.45, 2.75) is 46.6 Å². The van der Waals surface area contributed by atoms with Crippen LogP contribution in [-0.4, -0.2) is 26.2 Å². The molecular formula is C19H25ClN4O. The molecule has 3 N–H and O–H groups in total. The van der Waals surface area contributed by atoms with Crippen LogP contribution in [-0.2, 0) is 13.0 Å². The number of pyridine rings is 1. The van der Waals surface area contributed by atoms with E-state index in [0.717, 1.165) is 47.0 Å². The number of imidazole rings is 1. The Balaban J connectivity index is 2.32. The predicted molar refractivity (Wildman–Crippen MR) is 104 cm³/mol. The maximum absolute atomic E-state index is 9.75. The molecule has 2 heterocycles. The number of nitrogens with two attached hydrogens (primary N) is 1. The Morgan fingerprint density at radius 2 is 2.04 bits per heavy atom. The first-order valence-corrected chi connectivity index (χ1v) is 9.09. The second-order valence-electron chi connectivity index (χ2n) is 7.40. The van der Waals surface area contributed by atoms with Crippen LogP contribution in [0, 0.1) is 5.41 Å². The zero-order valence-electron chi connectivity index (χ0n) is 15.0. The number of nitrogen functional groups attached to an aromatic ring is 1. The number of anilines is 1. The summed E-state index contributed by atoms with van der Waals surface area (Å²) in [5, 5.41) is 11.4. The molecule has 0 aliphatic heterocycles. The standard InChI is InChI=1S/C19H25ClN4O/c1-4-5-6-15-23-16-17(24(15)10-19(2,3)11-25)13-8-7-12(20)9-14(13)22-18(16)21/h7-9,25H,4-6,10-11H2,1-3H3,(H2,21,22). The van der Waals surface area contributed by atoms with Crippen LogP contribution in [0.3, 0.4) is 0 Å². The van der Waals surface area contributed by atoms with Crippen LogP contribution in [0.5, 0.6) is 0 Å². The monoisotopic (exact) mass is 360 g/mol. The summed E-state index contributed by atoms with van der Waals surface area (Å²) in [6, 6.07) is 5.66. The van der Waals surface area contributed by atoms with E-state index in [-0.39, 0.29) is 12.0 Å². The Morgan fingerprint density at radius 1 is 1.28 bits per heavy atom. The number of aliphatic hydroxyl groups is 1. The van der Waals surface area contributed by atoms with Gasteiger partial charge in [-0.05, 0) is 24.6 Å². The molecule has 0 saturated heterocycles. The SMILES string of the molecule is CCCCc1nc2c(N)nc3cc(Cl)ccc3c2n1CC(C)(C)CO. The van der Waals surface area contributed by atoms with E-state index in [1.165, 1.54) is 0 Å². The van der Waals surface area contributed by atoms with Gasteiger partial charge < -0.3 is 15.4 Å². The van der Waals surface area contributed by atoms with Crippen molar-refractivity contribution >= 4 is 39.4 Å². The third-order valence-corrected chi connectivity index (χ3v) is 4.75. The van der Waals surface area contributed by atoms with Crippen molar-refractivity contribution in [3.63, 3.8) is 0 Å². The van der Waals surface area contributed by atoms with Gasteiger partial charge in [0.1, 0.15) is 11.3 Å². The molecule has 2 aromatic heterocycles. The van der Waals surface area contributed by atoms with Crippen LogP contribution in [0.4, 0.5) is 5.82 Å². The zero-order valence-corrected chi connectivity index (χ0v) is 15.8. The van der Waals surface area contributed by atoms with E-state index in [9.17, 15) is 5.11 Å². The maximum atomic E-state index is 9.75. The first-order valence-electron chi connectivity index (χ1n) is 8.71. The first-order chi connectivity index (χ1) is 11.9. The number of benzene rings is 1. The van der Waals surface area contributed by atoms with E-state index in [2.05, 4.69) is 16.5 Å². The van der Waals surface area contributed by atoms with Crippen molar-refractivity contribution in [2.24, 2.45) is 5.41 Å². The van der Waals surface area contributed by atoms with E-state index >= 15 is 0 Å². The van der Waals surface area contributed by atoms with Gasteiger partial charge in [0.25, 0.3) is 0 Å². The fourth-order valence-corrected chi connectivity index (χ4v) is 3.27. The summed E-state index contributed by atoms with van der Waals surface area (Å²) in [5.74, 6) is 1.41. The van der Waals surface area contributed by atoms with Gasteiger partial charge in [-0.15, -0.1) is 0 Å². The lowest BCUT2D eigenvalue weighted by molar-refractivity contribution is 0.141. The molecule has 0 amide bonds. The van der Waals surface area contributed by atoms with Crippen molar-refractivity contribution in [3.8, 4) is 0 Å². The van der Waals surface area contributed by atoms with Crippen molar-refractivity contribution in [3.05, 3.63) is 29.0 Å². The fourth-order valence-electron chi connectivity index (χ4n) is 3.11. The highest BCUT2D eigenvalue weighted by molar-refractivity contribution is 6.31. The molecule has 5 nitrogen and oxygen atoms in total. The summed E-state index contributed by atoms with van der Waals surface area (Å²) in [6.45, 7) is 7.03. The normalized spacial score (nSPS) is 12.4. The highest BCUT2D eigenvalue weighted by Crippen LogP contribution is 2.32.